The summed E-state index contributed by atoms with van der Waals surface area (Å²) in [6, 6.07) is 8.76. The van der Waals surface area contributed by atoms with Crippen molar-refractivity contribution in [2.75, 3.05) is 18.4 Å². The number of aliphatic hydroxyl groups excluding tert-OH is 1. The third-order valence-corrected chi connectivity index (χ3v) is 9.26. The zero-order valence-corrected chi connectivity index (χ0v) is 21.4. The van der Waals surface area contributed by atoms with E-state index in [0.717, 1.165) is 34.0 Å². The number of aryl methyl sites for hydroxylation is 1. The van der Waals surface area contributed by atoms with E-state index in [1.54, 1.807) is 47.6 Å². The number of carbonyl (C=O) groups is 1. The Morgan fingerprint density at radius 2 is 1.82 bits per heavy atom. The monoisotopic (exact) mass is 546 g/mol. The molecule has 1 saturated carbocycles. The van der Waals surface area contributed by atoms with Crippen molar-refractivity contribution in [1.82, 2.24) is 13.9 Å². The fraction of sp³-hybridized carbons (Fsp3) is 0.417. The van der Waals surface area contributed by atoms with Gasteiger partial charge in [0.05, 0.1) is 15.1 Å². The molecule has 34 heavy (non-hydrogen) atoms. The maximum absolute atomic E-state index is 13.3. The molecule has 8 nitrogen and oxygen atoms in total. The SMILES string of the molecule is Cc1ccc(S(=O)(=O)n2ccc3c(NC4C[C@@H]5CN(C(=O)[C@H](C)O)C[C@@H]5C4)c(Br)cnc32)cc1. The lowest BCUT2D eigenvalue weighted by molar-refractivity contribution is -0.138. The number of nitrogens with one attached hydrogen (secondary N) is 1. The second-order valence-corrected chi connectivity index (χ2v) is 12.1. The van der Waals surface area contributed by atoms with Gasteiger partial charge in [-0.1, -0.05) is 17.7 Å². The Morgan fingerprint density at radius 3 is 2.44 bits per heavy atom. The summed E-state index contributed by atoms with van der Waals surface area (Å²) in [7, 11) is -3.78. The number of halogens is 1. The van der Waals surface area contributed by atoms with Gasteiger partial charge in [-0.3, -0.25) is 4.79 Å². The molecule has 2 N–H and O–H groups in total. The fourth-order valence-electron chi connectivity index (χ4n) is 5.27. The van der Waals surface area contributed by atoms with Crippen LogP contribution in [0.4, 0.5) is 5.69 Å². The van der Waals surface area contributed by atoms with E-state index in [4.69, 9.17) is 0 Å². The minimum atomic E-state index is -3.78. The van der Waals surface area contributed by atoms with Crippen LogP contribution in [0.3, 0.4) is 0 Å². The van der Waals surface area contributed by atoms with Crippen LogP contribution in [0.15, 0.2) is 52.1 Å². The Bertz CT molecular complexity index is 1340. The van der Waals surface area contributed by atoms with Gasteiger partial charge < -0.3 is 15.3 Å². The number of nitrogens with zero attached hydrogens (tertiary/aromatic N) is 3. The smallest absolute Gasteiger partial charge is 0.269 e. The van der Waals surface area contributed by atoms with Crippen LogP contribution in [0.2, 0.25) is 0 Å². The highest BCUT2D eigenvalue weighted by Gasteiger charge is 2.43. The van der Waals surface area contributed by atoms with Crippen LogP contribution in [0.5, 0.6) is 0 Å². The first-order valence-electron chi connectivity index (χ1n) is 11.4. The highest BCUT2D eigenvalue weighted by molar-refractivity contribution is 9.10. The minimum Gasteiger partial charge on any atom is -0.384 e. The van der Waals surface area contributed by atoms with Gasteiger partial charge in [-0.2, -0.15) is 0 Å². The lowest BCUT2D eigenvalue weighted by atomic mass is 10.0. The summed E-state index contributed by atoms with van der Waals surface area (Å²) in [6.45, 7) is 4.77. The van der Waals surface area contributed by atoms with Crippen molar-refractivity contribution in [1.29, 1.82) is 0 Å². The molecule has 0 spiro atoms. The average molecular weight is 547 g/mol. The molecule has 2 aromatic heterocycles. The quantitative estimate of drug-likeness (QED) is 0.508. The molecule has 10 heteroatoms. The zero-order valence-electron chi connectivity index (χ0n) is 19.0. The highest BCUT2D eigenvalue weighted by atomic mass is 79.9. The molecule has 2 aliphatic rings. The molecule has 1 aliphatic heterocycles. The van der Waals surface area contributed by atoms with Crippen molar-refractivity contribution in [3.05, 3.63) is 52.8 Å². The van der Waals surface area contributed by atoms with Gasteiger partial charge in [-0.25, -0.2) is 17.4 Å². The van der Waals surface area contributed by atoms with Gasteiger partial charge in [-0.15, -0.1) is 0 Å². The molecule has 0 bridgehead atoms. The molecule has 180 valence electrons. The van der Waals surface area contributed by atoms with E-state index in [1.807, 2.05) is 6.92 Å². The Balaban J connectivity index is 1.39. The van der Waals surface area contributed by atoms with Gasteiger partial charge in [0.25, 0.3) is 15.9 Å². The molecule has 1 amide bonds. The van der Waals surface area contributed by atoms with E-state index in [9.17, 15) is 18.3 Å². The van der Waals surface area contributed by atoms with Crippen LogP contribution in [0.1, 0.15) is 25.3 Å². The number of amides is 1. The largest absolute Gasteiger partial charge is 0.384 e. The van der Waals surface area contributed by atoms with Gasteiger partial charge in [0.15, 0.2) is 5.65 Å². The molecule has 0 radical (unpaired) electrons. The van der Waals surface area contributed by atoms with E-state index in [-0.39, 0.29) is 16.8 Å². The Labute approximate surface area is 207 Å². The molecule has 3 heterocycles. The lowest BCUT2D eigenvalue weighted by Gasteiger charge is -2.22. The zero-order chi connectivity index (χ0) is 24.2. The van der Waals surface area contributed by atoms with Gasteiger partial charge in [0.2, 0.25) is 0 Å². The summed E-state index contributed by atoms with van der Waals surface area (Å²) < 4.78 is 28.5. The van der Waals surface area contributed by atoms with Crippen molar-refractivity contribution in [2.45, 2.75) is 43.7 Å². The second-order valence-electron chi connectivity index (χ2n) is 9.40. The number of fused-ring (bicyclic) bond motifs is 2. The third-order valence-electron chi connectivity index (χ3n) is 6.98. The fourth-order valence-corrected chi connectivity index (χ4v) is 7.00. The van der Waals surface area contributed by atoms with E-state index < -0.39 is 16.1 Å². The number of hydrogen-bond donors (Lipinski definition) is 2. The lowest BCUT2D eigenvalue weighted by Crippen LogP contribution is -2.37. The molecule has 1 aromatic carbocycles. The number of carbonyl (C=O) groups excluding carboxylic acids is 1. The number of benzene rings is 1. The molecule has 3 aromatic rings. The maximum Gasteiger partial charge on any atom is 0.269 e. The van der Waals surface area contributed by atoms with Crippen molar-refractivity contribution in [3.8, 4) is 0 Å². The van der Waals surface area contributed by atoms with E-state index in [2.05, 4.69) is 26.2 Å². The Hall–Kier alpha value is -2.43. The van der Waals surface area contributed by atoms with Crippen LogP contribution in [0, 0.1) is 18.8 Å². The average Bonchev–Trinajstić information content (AvgIpc) is 3.48. The van der Waals surface area contributed by atoms with Crippen LogP contribution in [-0.4, -0.2) is 58.5 Å². The molecule has 4 atom stereocenters. The van der Waals surface area contributed by atoms with Crippen molar-refractivity contribution >= 4 is 48.6 Å². The van der Waals surface area contributed by atoms with E-state index >= 15 is 0 Å². The summed E-state index contributed by atoms with van der Waals surface area (Å²) in [5, 5.41) is 13.9. The topological polar surface area (TPSA) is 105 Å². The number of hydrogen-bond acceptors (Lipinski definition) is 6. The Kier molecular flexibility index (Phi) is 5.94. The number of rotatable bonds is 5. The standard InChI is InChI=1S/C24H27BrN4O4S/c1-14-3-5-19(6-4-14)34(32,33)29-8-7-20-22(21(25)11-26-23(20)29)27-18-9-16-12-28(13-17(16)10-18)24(31)15(2)30/h3-8,11,15-18,30H,9-10,12-13H2,1-2H3,(H,26,27)/t15-,16-,17+,18?/m0/s1. The normalized spacial score (nSPS) is 23.3. The number of likely N-dealkylation sites (tertiary alicyclic amines) is 1. The third kappa shape index (κ3) is 4.01. The summed E-state index contributed by atoms with van der Waals surface area (Å²) in [5.74, 6) is 0.583. The van der Waals surface area contributed by atoms with Crippen LogP contribution >= 0.6 is 15.9 Å². The number of aliphatic hydroxyl groups is 1. The maximum atomic E-state index is 13.3. The number of pyridine rings is 1. The molecule has 1 saturated heterocycles. The van der Waals surface area contributed by atoms with Crippen LogP contribution in [-0.2, 0) is 14.8 Å². The van der Waals surface area contributed by atoms with Gasteiger partial charge in [-0.05, 0) is 72.7 Å². The van der Waals surface area contributed by atoms with Crippen LogP contribution in [0.25, 0.3) is 11.0 Å². The molecular formula is C24H27BrN4O4S. The molecule has 1 aliphatic carbocycles. The molecular weight excluding hydrogens is 520 g/mol. The van der Waals surface area contributed by atoms with Crippen molar-refractivity contribution < 1.29 is 18.3 Å². The van der Waals surface area contributed by atoms with Gasteiger partial charge >= 0.3 is 0 Å². The van der Waals surface area contributed by atoms with Gasteiger partial charge in [0.1, 0.15) is 6.10 Å². The van der Waals surface area contributed by atoms with Crippen molar-refractivity contribution in [3.63, 3.8) is 0 Å². The number of anilines is 1. The molecule has 1 unspecified atom stereocenters. The first kappa shape index (κ1) is 23.3. The molecule has 2 fully saturated rings. The minimum absolute atomic E-state index is 0.200. The first-order chi connectivity index (χ1) is 16.1. The van der Waals surface area contributed by atoms with E-state index in [1.165, 1.54) is 10.9 Å². The Morgan fingerprint density at radius 1 is 1.18 bits per heavy atom. The highest BCUT2D eigenvalue weighted by Crippen LogP contribution is 2.41. The summed E-state index contributed by atoms with van der Waals surface area (Å²) in [5.41, 5.74) is 2.19. The predicted octanol–water partition coefficient (Wildman–Crippen LogP) is 3.37. The summed E-state index contributed by atoms with van der Waals surface area (Å²) in [4.78, 5) is 18.5. The van der Waals surface area contributed by atoms with Gasteiger partial charge in [0, 0.05) is 36.9 Å². The predicted molar refractivity (Wildman–Crippen MR) is 133 cm³/mol. The summed E-state index contributed by atoms with van der Waals surface area (Å²) >= 11 is 3.58. The molecule has 5 rings (SSSR count). The van der Waals surface area contributed by atoms with Crippen LogP contribution < -0.4 is 5.32 Å². The van der Waals surface area contributed by atoms with Crippen molar-refractivity contribution in [2.24, 2.45) is 11.8 Å². The summed E-state index contributed by atoms with van der Waals surface area (Å²) in [6.07, 6.45) is 4.03. The number of aromatic nitrogens is 2. The van der Waals surface area contributed by atoms with E-state index in [0.29, 0.717) is 30.6 Å². The second kappa shape index (κ2) is 8.66. The first-order valence-corrected chi connectivity index (χ1v) is 13.6.